The summed E-state index contributed by atoms with van der Waals surface area (Å²) in [7, 11) is 3.36. The molecule has 1 amide bonds. The molecule has 1 aliphatic heterocycles. The summed E-state index contributed by atoms with van der Waals surface area (Å²) in [6.07, 6.45) is 9.48. The normalized spacial score (nSPS) is 19.1. The molecule has 0 bridgehead atoms. The van der Waals surface area contributed by atoms with E-state index in [2.05, 4.69) is 22.0 Å². The summed E-state index contributed by atoms with van der Waals surface area (Å²) in [5.74, 6) is 1.77. The molecule has 5 rings (SSSR count). The maximum Gasteiger partial charge on any atom is 0.250 e. The minimum atomic E-state index is 0.142. The molecule has 170 valence electrons. The SMILES string of the molecule is COc1ccc2c(c1)CC[C@@H]2N1CCCC(=Cc2ccc(-n3cnc(C)c3)c(OC)c2)C1=O. The molecule has 2 heterocycles. The van der Waals surface area contributed by atoms with Crippen molar-refractivity contribution in [1.82, 2.24) is 14.5 Å². The van der Waals surface area contributed by atoms with Crippen LogP contribution in [0.2, 0.25) is 0 Å². The molecule has 6 nitrogen and oxygen atoms in total. The Balaban J connectivity index is 1.41. The fourth-order valence-corrected chi connectivity index (χ4v) is 5.04. The van der Waals surface area contributed by atoms with Gasteiger partial charge in [0.15, 0.2) is 0 Å². The first-order chi connectivity index (χ1) is 16.1. The van der Waals surface area contributed by atoms with Crippen LogP contribution in [0.3, 0.4) is 0 Å². The molecule has 0 N–H and O–H groups in total. The van der Waals surface area contributed by atoms with Gasteiger partial charge in [-0.15, -0.1) is 0 Å². The summed E-state index contributed by atoms with van der Waals surface area (Å²) in [5.41, 5.74) is 6.24. The molecule has 0 spiro atoms. The summed E-state index contributed by atoms with van der Waals surface area (Å²) in [6, 6.07) is 12.4. The highest BCUT2D eigenvalue weighted by Crippen LogP contribution is 2.40. The Morgan fingerprint density at radius 3 is 2.73 bits per heavy atom. The maximum absolute atomic E-state index is 13.5. The number of imidazole rings is 1. The zero-order valence-corrected chi connectivity index (χ0v) is 19.4. The van der Waals surface area contributed by atoms with E-state index in [0.717, 1.165) is 66.2 Å². The lowest BCUT2D eigenvalue weighted by Gasteiger charge is -2.34. The number of carbonyl (C=O) groups excluding carboxylic acids is 1. The van der Waals surface area contributed by atoms with Crippen LogP contribution in [0.4, 0.5) is 0 Å². The fourth-order valence-electron chi connectivity index (χ4n) is 5.04. The third kappa shape index (κ3) is 4.01. The number of amides is 1. The average Bonchev–Trinajstić information content (AvgIpc) is 3.46. The number of piperidine rings is 1. The van der Waals surface area contributed by atoms with Crippen LogP contribution in [0.5, 0.6) is 11.5 Å². The third-order valence-electron chi connectivity index (χ3n) is 6.69. The number of hydrogen-bond donors (Lipinski definition) is 0. The largest absolute Gasteiger partial charge is 0.497 e. The van der Waals surface area contributed by atoms with Crippen LogP contribution in [-0.4, -0.2) is 41.1 Å². The van der Waals surface area contributed by atoms with Crippen LogP contribution < -0.4 is 9.47 Å². The van der Waals surface area contributed by atoms with Crippen molar-refractivity contribution < 1.29 is 14.3 Å². The number of ether oxygens (including phenoxy) is 2. The number of likely N-dealkylation sites (tertiary alicyclic amines) is 1. The lowest BCUT2D eigenvalue weighted by molar-refractivity contribution is -0.131. The van der Waals surface area contributed by atoms with Crippen molar-refractivity contribution in [1.29, 1.82) is 0 Å². The first-order valence-electron chi connectivity index (χ1n) is 11.4. The first-order valence-corrected chi connectivity index (χ1v) is 11.4. The first kappa shape index (κ1) is 21.3. The Bertz CT molecular complexity index is 1230. The average molecular weight is 444 g/mol. The van der Waals surface area contributed by atoms with E-state index in [9.17, 15) is 4.79 Å². The number of carbonyl (C=O) groups is 1. The Labute approximate surface area is 194 Å². The number of methoxy groups -OCH3 is 2. The maximum atomic E-state index is 13.5. The van der Waals surface area contributed by atoms with E-state index in [-0.39, 0.29) is 11.9 Å². The van der Waals surface area contributed by atoms with Crippen molar-refractivity contribution in [2.75, 3.05) is 20.8 Å². The van der Waals surface area contributed by atoms with Gasteiger partial charge in [-0.2, -0.15) is 0 Å². The van der Waals surface area contributed by atoms with E-state index in [4.69, 9.17) is 9.47 Å². The quantitative estimate of drug-likeness (QED) is 0.527. The summed E-state index contributed by atoms with van der Waals surface area (Å²) in [5, 5.41) is 0. The topological polar surface area (TPSA) is 56.6 Å². The number of hydrogen-bond acceptors (Lipinski definition) is 4. The van der Waals surface area contributed by atoms with Gasteiger partial charge >= 0.3 is 0 Å². The number of aryl methyl sites for hydroxylation is 2. The molecule has 2 aromatic carbocycles. The van der Waals surface area contributed by atoms with Crippen molar-refractivity contribution in [2.45, 2.75) is 38.6 Å². The number of aromatic nitrogens is 2. The van der Waals surface area contributed by atoms with Crippen LogP contribution in [-0.2, 0) is 11.2 Å². The van der Waals surface area contributed by atoms with Crippen LogP contribution >= 0.6 is 0 Å². The van der Waals surface area contributed by atoms with Crippen molar-refractivity contribution in [3.05, 3.63) is 76.9 Å². The van der Waals surface area contributed by atoms with Gasteiger partial charge in [-0.25, -0.2) is 4.98 Å². The molecule has 3 aromatic rings. The van der Waals surface area contributed by atoms with Crippen LogP contribution in [0.1, 0.15) is 47.7 Å². The predicted octanol–water partition coefficient (Wildman–Crippen LogP) is 4.89. The molecule has 1 saturated heterocycles. The van der Waals surface area contributed by atoms with E-state index in [1.54, 1.807) is 20.5 Å². The fraction of sp³-hybridized carbons (Fsp3) is 0.333. The van der Waals surface area contributed by atoms with Gasteiger partial charge in [0.25, 0.3) is 0 Å². The van der Waals surface area contributed by atoms with Gasteiger partial charge < -0.3 is 18.9 Å². The molecule has 0 saturated carbocycles. The predicted molar refractivity (Wildman–Crippen MR) is 128 cm³/mol. The molecule has 1 aliphatic carbocycles. The molecule has 0 radical (unpaired) electrons. The Morgan fingerprint density at radius 2 is 1.97 bits per heavy atom. The van der Waals surface area contributed by atoms with E-state index in [1.807, 2.05) is 48.0 Å². The Kier molecular flexibility index (Phi) is 5.67. The van der Waals surface area contributed by atoms with E-state index < -0.39 is 0 Å². The second-order valence-corrected chi connectivity index (χ2v) is 8.74. The standard InChI is InChI=1S/C27H29N3O3/c1-18-16-29(17-28-18)25-10-6-19(14-26(25)33-3)13-21-5-4-12-30(27(21)31)24-11-7-20-15-22(32-2)8-9-23(20)24/h6,8-10,13-17,24H,4-5,7,11-12H2,1-3H3/t24-/m0/s1. The van der Waals surface area contributed by atoms with Crippen molar-refractivity contribution in [3.8, 4) is 17.2 Å². The van der Waals surface area contributed by atoms with Crippen LogP contribution in [0, 0.1) is 6.92 Å². The molecular formula is C27H29N3O3. The van der Waals surface area contributed by atoms with Crippen molar-refractivity contribution in [2.24, 2.45) is 0 Å². The summed E-state index contributed by atoms with van der Waals surface area (Å²) in [6.45, 7) is 2.76. The monoisotopic (exact) mass is 443 g/mol. The summed E-state index contributed by atoms with van der Waals surface area (Å²) in [4.78, 5) is 19.9. The van der Waals surface area contributed by atoms with Gasteiger partial charge in [0.2, 0.25) is 5.91 Å². The number of rotatable bonds is 5. The van der Waals surface area contributed by atoms with Gasteiger partial charge in [-0.1, -0.05) is 12.1 Å². The van der Waals surface area contributed by atoms with E-state index in [1.165, 1.54) is 11.1 Å². The van der Waals surface area contributed by atoms with E-state index in [0.29, 0.717) is 0 Å². The van der Waals surface area contributed by atoms with Crippen LogP contribution in [0.25, 0.3) is 11.8 Å². The second kappa shape index (κ2) is 8.77. The highest BCUT2D eigenvalue weighted by Gasteiger charge is 2.34. The molecule has 1 atom stereocenters. The number of nitrogens with zero attached hydrogens (tertiary/aromatic N) is 3. The Morgan fingerprint density at radius 1 is 1.09 bits per heavy atom. The summed E-state index contributed by atoms with van der Waals surface area (Å²) >= 11 is 0. The molecule has 2 aliphatic rings. The molecular weight excluding hydrogens is 414 g/mol. The molecule has 33 heavy (non-hydrogen) atoms. The highest BCUT2D eigenvalue weighted by atomic mass is 16.5. The number of fused-ring (bicyclic) bond motifs is 1. The zero-order valence-electron chi connectivity index (χ0n) is 19.4. The number of benzene rings is 2. The smallest absolute Gasteiger partial charge is 0.250 e. The van der Waals surface area contributed by atoms with Crippen molar-refractivity contribution in [3.63, 3.8) is 0 Å². The van der Waals surface area contributed by atoms with Crippen molar-refractivity contribution >= 4 is 12.0 Å². The summed E-state index contributed by atoms with van der Waals surface area (Å²) < 4.78 is 13.0. The van der Waals surface area contributed by atoms with Gasteiger partial charge in [-0.3, -0.25) is 4.79 Å². The lowest BCUT2D eigenvalue weighted by atomic mass is 9.97. The van der Waals surface area contributed by atoms with Gasteiger partial charge in [-0.05, 0) is 79.6 Å². The second-order valence-electron chi connectivity index (χ2n) is 8.74. The highest BCUT2D eigenvalue weighted by molar-refractivity contribution is 5.99. The molecule has 0 unspecified atom stereocenters. The molecule has 1 aromatic heterocycles. The third-order valence-corrected chi connectivity index (χ3v) is 6.69. The van der Waals surface area contributed by atoms with Gasteiger partial charge in [0.05, 0.1) is 38.0 Å². The van der Waals surface area contributed by atoms with Gasteiger partial charge in [0.1, 0.15) is 11.5 Å². The molecule has 1 fully saturated rings. The minimum absolute atomic E-state index is 0.142. The zero-order chi connectivity index (χ0) is 22.9. The lowest BCUT2D eigenvalue weighted by Crippen LogP contribution is -2.39. The van der Waals surface area contributed by atoms with Crippen LogP contribution in [0.15, 0.2) is 54.5 Å². The minimum Gasteiger partial charge on any atom is -0.497 e. The Hall–Kier alpha value is -3.54. The van der Waals surface area contributed by atoms with E-state index >= 15 is 0 Å². The molecule has 6 heteroatoms. The van der Waals surface area contributed by atoms with Gasteiger partial charge in [0, 0.05) is 18.3 Å².